The third kappa shape index (κ3) is 5.88. The van der Waals surface area contributed by atoms with Gasteiger partial charge in [-0.05, 0) is 61.4 Å². The number of carbonyl (C=O) groups excluding carboxylic acids is 2. The van der Waals surface area contributed by atoms with Crippen LogP contribution in [-0.4, -0.2) is 50.9 Å². The maximum atomic E-state index is 13.7. The summed E-state index contributed by atoms with van der Waals surface area (Å²) in [6, 6.07) is 17.6. The van der Waals surface area contributed by atoms with Crippen LogP contribution in [0.3, 0.4) is 0 Å². The van der Waals surface area contributed by atoms with Gasteiger partial charge in [-0.15, -0.1) is 0 Å². The Balaban J connectivity index is 1.53. The van der Waals surface area contributed by atoms with E-state index in [-0.39, 0.29) is 37.4 Å². The zero-order chi connectivity index (χ0) is 28.2. The van der Waals surface area contributed by atoms with Gasteiger partial charge in [-0.3, -0.25) is 13.9 Å². The molecular formula is C30H37N3O5S. The highest BCUT2D eigenvalue weighted by Gasteiger charge is 2.35. The summed E-state index contributed by atoms with van der Waals surface area (Å²) in [5, 5.41) is 4.60. The minimum atomic E-state index is -3.69. The van der Waals surface area contributed by atoms with Crippen molar-refractivity contribution in [2.45, 2.75) is 70.0 Å². The number of carbonyl (C=O) groups is 2. The van der Waals surface area contributed by atoms with Gasteiger partial charge in [-0.2, -0.15) is 0 Å². The third-order valence-electron chi connectivity index (χ3n) is 7.31. The first-order valence-corrected chi connectivity index (χ1v) is 14.9. The maximum Gasteiger partial charge on any atom is 0.265 e. The van der Waals surface area contributed by atoms with E-state index in [9.17, 15) is 18.0 Å². The van der Waals surface area contributed by atoms with E-state index in [1.807, 2.05) is 63.2 Å². The van der Waals surface area contributed by atoms with Gasteiger partial charge in [0.05, 0.1) is 17.7 Å². The van der Waals surface area contributed by atoms with Crippen LogP contribution in [0.4, 0.5) is 5.69 Å². The molecule has 1 N–H and O–H groups in total. The van der Waals surface area contributed by atoms with Gasteiger partial charge in [0.15, 0.2) is 0 Å². The minimum absolute atomic E-state index is 0.00923. The highest BCUT2D eigenvalue weighted by Crippen LogP contribution is 2.42. The number of sulfonamides is 1. The van der Waals surface area contributed by atoms with Crippen molar-refractivity contribution >= 4 is 38.3 Å². The van der Waals surface area contributed by atoms with Gasteiger partial charge in [-0.1, -0.05) is 50.2 Å². The number of benzene rings is 3. The van der Waals surface area contributed by atoms with Gasteiger partial charge in [0.1, 0.15) is 11.8 Å². The summed E-state index contributed by atoms with van der Waals surface area (Å²) in [5.41, 5.74) is 1.49. The van der Waals surface area contributed by atoms with E-state index in [2.05, 4.69) is 5.32 Å². The lowest BCUT2D eigenvalue weighted by atomic mass is 10.1. The molecule has 1 heterocycles. The Hall–Kier alpha value is -3.59. The number of hydrogen-bond donors (Lipinski definition) is 1. The fraction of sp³-hybridized carbons (Fsp3) is 0.400. The Morgan fingerprint density at radius 3 is 2.44 bits per heavy atom. The molecule has 2 amide bonds. The van der Waals surface area contributed by atoms with Crippen LogP contribution in [0.25, 0.3) is 10.8 Å². The zero-order valence-electron chi connectivity index (χ0n) is 23.0. The number of rotatable bonds is 12. The zero-order valence-corrected chi connectivity index (χ0v) is 23.8. The second kappa shape index (κ2) is 12.1. The second-order valence-electron chi connectivity index (χ2n) is 9.93. The van der Waals surface area contributed by atoms with Crippen molar-refractivity contribution in [3.05, 3.63) is 66.2 Å². The molecule has 3 aromatic carbocycles. The van der Waals surface area contributed by atoms with Gasteiger partial charge in [0.25, 0.3) is 10.0 Å². The lowest BCUT2D eigenvalue weighted by Gasteiger charge is -2.32. The molecule has 0 radical (unpaired) electrons. The van der Waals surface area contributed by atoms with Gasteiger partial charge >= 0.3 is 0 Å². The van der Waals surface area contributed by atoms with E-state index < -0.39 is 16.1 Å². The molecule has 0 aromatic heterocycles. The Morgan fingerprint density at radius 1 is 1.03 bits per heavy atom. The number of methoxy groups -OCH3 is 1. The molecule has 2 atom stereocenters. The summed E-state index contributed by atoms with van der Waals surface area (Å²) < 4.78 is 33.4. The molecule has 208 valence electrons. The number of ether oxygens (including phenoxy) is 1. The van der Waals surface area contributed by atoms with E-state index in [0.29, 0.717) is 29.2 Å². The molecule has 0 saturated heterocycles. The van der Waals surface area contributed by atoms with Crippen molar-refractivity contribution in [1.82, 2.24) is 10.2 Å². The lowest BCUT2D eigenvalue weighted by molar-refractivity contribution is -0.141. The highest BCUT2D eigenvalue weighted by molar-refractivity contribution is 7.93. The lowest BCUT2D eigenvalue weighted by Crippen LogP contribution is -2.50. The van der Waals surface area contributed by atoms with Gasteiger partial charge in [0.2, 0.25) is 11.8 Å². The molecule has 9 heteroatoms. The summed E-state index contributed by atoms with van der Waals surface area (Å²) in [6.45, 7) is 6.24. The van der Waals surface area contributed by atoms with Gasteiger partial charge < -0.3 is 15.0 Å². The van der Waals surface area contributed by atoms with Crippen molar-refractivity contribution in [3.63, 3.8) is 0 Å². The smallest absolute Gasteiger partial charge is 0.265 e. The first kappa shape index (κ1) is 28.4. The molecule has 0 unspecified atom stereocenters. The van der Waals surface area contributed by atoms with Crippen LogP contribution in [0, 0.1) is 0 Å². The molecule has 3 aromatic rings. The quantitative estimate of drug-likeness (QED) is 0.347. The number of nitrogens with one attached hydrogen (secondary N) is 1. The van der Waals surface area contributed by atoms with E-state index in [1.165, 1.54) is 4.31 Å². The summed E-state index contributed by atoms with van der Waals surface area (Å²) in [5.74, 6) is 0.286. The summed E-state index contributed by atoms with van der Waals surface area (Å²) in [7, 11) is -2.11. The van der Waals surface area contributed by atoms with E-state index >= 15 is 0 Å². The molecule has 0 saturated carbocycles. The van der Waals surface area contributed by atoms with E-state index in [0.717, 1.165) is 22.8 Å². The predicted molar refractivity (Wildman–Crippen MR) is 153 cm³/mol. The van der Waals surface area contributed by atoms with Crippen LogP contribution in [0.2, 0.25) is 0 Å². The number of nitrogens with zero attached hydrogens (tertiary/aromatic N) is 2. The van der Waals surface area contributed by atoms with Crippen molar-refractivity contribution in [1.29, 1.82) is 0 Å². The number of hydrogen-bond acceptors (Lipinski definition) is 5. The largest absolute Gasteiger partial charge is 0.497 e. The Labute approximate surface area is 231 Å². The van der Waals surface area contributed by atoms with E-state index in [4.69, 9.17) is 4.74 Å². The predicted octanol–water partition coefficient (Wildman–Crippen LogP) is 4.86. The topological polar surface area (TPSA) is 96.0 Å². The molecule has 0 bridgehead atoms. The molecule has 0 aliphatic carbocycles. The van der Waals surface area contributed by atoms with Crippen molar-refractivity contribution in [2.75, 3.05) is 18.0 Å². The average molecular weight is 552 g/mol. The highest BCUT2D eigenvalue weighted by atomic mass is 32.2. The fourth-order valence-corrected chi connectivity index (χ4v) is 6.79. The number of anilines is 1. The van der Waals surface area contributed by atoms with Gasteiger partial charge in [0, 0.05) is 30.9 Å². The Morgan fingerprint density at radius 2 is 1.74 bits per heavy atom. The normalized spacial score (nSPS) is 15.1. The molecule has 4 rings (SSSR count). The van der Waals surface area contributed by atoms with Crippen molar-refractivity contribution in [3.8, 4) is 5.75 Å². The van der Waals surface area contributed by atoms with Crippen molar-refractivity contribution in [2.24, 2.45) is 0 Å². The van der Waals surface area contributed by atoms with Gasteiger partial charge in [-0.25, -0.2) is 8.42 Å². The molecule has 39 heavy (non-hydrogen) atoms. The standard InChI is InChI=1S/C30H37N3O5S/c1-5-21(3)31-30(35)25(6-2)32(20-22-11-7-14-24(19-22)38-4)28(34)17-10-18-33-26-15-8-12-23-13-9-16-27(29(23)26)39(33,36)37/h7-9,11-16,19,21,25H,5-6,10,17-18,20H2,1-4H3,(H,31,35)/t21-,25-/m0/s1. The molecule has 8 nitrogen and oxygen atoms in total. The van der Waals surface area contributed by atoms with Crippen molar-refractivity contribution < 1.29 is 22.7 Å². The van der Waals surface area contributed by atoms with Crippen LogP contribution < -0.4 is 14.4 Å². The molecule has 1 aliphatic heterocycles. The summed E-state index contributed by atoms with van der Waals surface area (Å²) in [6.07, 6.45) is 1.66. The second-order valence-corrected chi connectivity index (χ2v) is 11.8. The number of amides is 2. The molecule has 1 aliphatic rings. The first-order chi connectivity index (χ1) is 18.7. The maximum absolute atomic E-state index is 13.7. The van der Waals surface area contributed by atoms with Crippen LogP contribution in [-0.2, 0) is 26.2 Å². The molecular weight excluding hydrogens is 514 g/mol. The van der Waals surface area contributed by atoms with Crippen LogP contribution in [0.5, 0.6) is 5.75 Å². The van der Waals surface area contributed by atoms with Crippen LogP contribution in [0.1, 0.15) is 52.0 Å². The molecule has 0 spiro atoms. The third-order valence-corrected chi connectivity index (χ3v) is 9.16. The Kier molecular flexibility index (Phi) is 8.80. The average Bonchev–Trinajstić information content (AvgIpc) is 3.15. The van der Waals surface area contributed by atoms with Crippen LogP contribution >= 0.6 is 0 Å². The Bertz CT molecular complexity index is 1450. The summed E-state index contributed by atoms with van der Waals surface area (Å²) >= 11 is 0. The van der Waals surface area contributed by atoms with Crippen LogP contribution in [0.15, 0.2) is 65.6 Å². The fourth-order valence-electron chi connectivity index (χ4n) is 5.04. The summed E-state index contributed by atoms with van der Waals surface area (Å²) in [4.78, 5) is 28.8. The SMILES string of the molecule is CC[C@H](C)NC(=O)[C@H](CC)N(Cc1cccc(OC)c1)C(=O)CCCN1c2cccc3cccc(c23)S1(=O)=O. The molecule has 0 fully saturated rings. The van der Waals surface area contributed by atoms with E-state index in [1.54, 1.807) is 30.2 Å². The monoisotopic (exact) mass is 551 g/mol. The minimum Gasteiger partial charge on any atom is -0.497 e. The first-order valence-electron chi connectivity index (χ1n) is 13.5.